The molecule has 0 unspecified atom stereocenters. The Kier molecular flexibility index (Phi) is 2.71. The van der Waals surface area contributed by atoms with Crippen molar-refractivity contribution in [1.29, 1.82) is 0 Å². The van der Waals surface area contributed by atoms with E-state index in [1.165, 1.54) is 0 Å². The predicted molar refractivity (Wildman–Crippen MR) is 49.3 cm³/mol. The van der Waals surface area contributed by atoms with Gasteiger partial charge in [-0.15, -0.1) is 0 Å². The van der Waals surface area contributed by atoms with Crippen LogP contribution in [0.4, 0.5) is 0 Å². The summed E-state index contributed by atoms with van der Waals surface area (Å²) in [5.74, 6) is 3.52. The number of hydrogen-bond acceptors (Lipinski definition) is 1. The van der Waals surface area contributed by atoms with Crippen LogP contribution in [0.1, 0.15) is 16.7 Å². The van der Waals surface area contributed by atoms with E-state index in [9.17, 15) is 4.79 Å². The lowest BCUT2D eigenvalue weighted by Gasteiger charge is -1.97. The minimum absolute atomic E-state index is 0.716. The molecule has 0 fully saturated rings. The molecule has 1 N–H and O–H groups in total. The molecule has 1 rings (SSSR count). The van der Waals surface area contributed by atoms with Crippen LogP contribution >= 0.6 is 0 Å². The Labute approximate surface area is 77.2 Å². The van der Waals surface area contributed by atoms with Gasteiger partial charge >= 0.3 is 5.97 Å². The topological polar surface area (TPSA) is 37.3 Å². The number of rotatable bonds is 0. The van der Waals surface area contributed by atoms with Gasteiger partial charge in [-0.1, -0.05) is 12.0 Å². The molecule has 2 nitrogen and oxygen atoms in total. The van der Waals surface area contributed by atoms with Crippen LogP contribution in [0.3, 0.4) is 0 Å². The molecule has 0 amide bonds. The molecule has 0 aliphatic rings. The largest absolute Gasteiger partial charge is 0.472 e. The molecule has 1 aromatic carbocycles. The molecule has 2 heteroatoms. The lowest BCUT2D eigenvalue weighted by atomic mass is 10.1. The van der Waals surface area contributed by atoms with Crippen LogP contribution in [0.2, 0.25) is 0 Å². The SMILES string of the molecule is Cc1[c]c(C)c(C#CC(=O)O)cc1. The summed E-state index contributed by atoms with van der Waals surface area (Å²) < 4.78 is 0. The third-order valence-electron chi connectivity index (χ3n) is 1.59. The Morgan fingerprint density at radius 2 is 2.15 bits per heavy atom. The molecule has 0 aromatic heterocycles. The molecular weight excluding hydrogens is 164 g/mol. The first kappa shape index (κ1) is 9.34. The van der Waals surface area contributed by atoms with Crippen LogP contribution in [0.25, 0.3) is 0 Å². The van der Waals surface area contributed by atoms with Gasteiger partial charge in [-0.25, -0.2) is 4.79 Å². The van der Waals surface area contributed by atoms with E-state index < -0.39 is 5.97 Å². The van der Waals surface area contributed by atoms with Crippen molar-refractivity contribution in [1.82, 2.24) is 0 Å². The maximum atomic E-state index is 10.2. The Bertz CT molecular complexity index is 394. The fraction of sp³-hybridized carbons (Fsp3) is 0.182. The molecule has 0 saturated carbocycles. The maximum Gasteiger partial charge on any atom is 0.382 e. The zero-order chi connectivity index (χ0) is 9.84. The summed E-state index contributed by atoms with van der Waals surface area (Å²) in [5, 5.41) is 8.34. The number of hydrogen-bond donors (Lipinski definition) is 1. The van der Waals surface area contributed by atoms with E-state index in [-0.39, 0.29) is 0 Å². The summed E-state index contributed by atoms with van der Waals surface area (Å²) in [7, 11) is 0. The molecule has 1 aromatic rings. The number of benzene rings is 1. The number of carbonyl (C=O) groups is 1. The van der Waals surface area contributed by atoms with Gasteiger partial charge in [0, 0.05) is 11.5 Å². The monoisotopic (exact) mass is 173 g/mol. The van der Waals surface area contributed by atoms with Crippen LogP contribution < -0.4 is 0 Å². The second kappa shape index (κ2) is 3.77. The lowest BCUT2D eigenvalue weighted by molar-refractivity contribution is -0.130. The molecule has 0 saturated heterocycles. The zero-order valence-electron chi connectivity index (χ0n) is 7.51. The summed E-state index contributed by atoms with van der Waals surface area (Å²) in [5.41, 5.74) is 2.63. The van der Waals surface area contributed by atoms with Crippen molar-refractivity contribution in [2.45, 2.75) is 13.8 Å². The number of carboxylic acids is 1. The van der Waals surface area contributed by atoms with Crippen molar-refractivity contribution >= 4 is 5.97 Å². The lowest BCUT2D eigenvalue weighted by Crippen LogP contribution is -1.89. The van der Waals surface area contributed by atoms with Gasteiger partial charge in [0.2, 0.25) is 0 Å². The van der Waals surface area contributed by atoms with E-state index >= 15 is 0 Å². The van der Waals surface area contributed by atoms with Gasteiger partial charge < -0.3 is 5.11 Å². The highest BCUT2D eigenvalue weighted by Gasteiger charge is 1.95. The average molecular weight is 173 g/mol. The van der Waals surface area contributed by atoms with Crippen molar-refractivity contribution in [2.75, 3.05) is 0 Å². The Morgan fingerprint density at radius 1 is 1.46 bits per heavy atom. The van der Waals surface area contributed by atoms with Gasteiger partial charge in [0.15, 0.2) is 0 Å². The molecule has 13 heavy (non-hydrogen) atoms. The minimum Gasteiger partial charge on any atom is -0.472 e. The summed E-state index contributed by atoms with van der Waals surface area (Å²) in [4.78, 5) is 10.2. The van der Waals surface area contributed by atoms with Crippen molar-refractivity contribution in [3.05, 3.63) is 34.9 Å². The molecule has 1 radical (unpaired) electrons. The molecule has 0 spiro atoms. The number of aryl methyl sites for hydroxylation is 2. The van der Waals surface area contributed by atoms with E-state index in [1.807, 2.05) is 19.9 Å². The van der Waals surface area contributed by atoms with Gasteiger partial charge in [-0.05, 0) is 37.1 Å². The van der Waals surface area contributed by atoms with Gasteiger partial charge in [0.25, 0.3) is 0 Å². The smallest absolute Gasteiger partial charge is 0.382 e. The first-order valence-electron chi connectivity index (χ1n) is 3.84. The van der Waals surface area contributed by atoms with E-state index in [2.05, 4.69) is 17.9 Å². The second-order valence-corrected chi connectivity index (χ2v) is 2.74. The predicted octanol–water partition coefficient (Wildman–Crippen LogP) is 1.54. The van der Waals surface area contributed by atoms with Gasteiger partial charge in [0.05, 0.1) is 0 Å². The minimum atomic E-state index is -1.11. The van der Waals surface area contributed by atoms with Crippen molar-refractivity contribution < 1.29 is 9.90 Å². The standard InChI is InChI=1S/C11H9O2/c1-8-3-4-10(9(2)7-8)5-6-11(12)13/h3-4H,1-2H3,(H,12,13). The third-order valence-corrected chi connectivity index (χ3v) is 1.59. The maximum absolute atomic E-state index is 10.2. The zero-order valence-corrected chi connectivity index (χ0v) is 7.51. The van der Waals surface area contributed by atoms with E-state index in [1.54, 1.807) is 6.07 Å². The van der Waals surface area contributed by atoms with Crippen LogP contribution in [-0.4, -0.2) is 11.1 Å². The number of carboxylic acid groups (broad SMARTS) is 1. The van der Waals surface area contributed by atoms with E-state index in [0.29, 0.717) is 5.56 Å². The highest BCUT2D eigenvalue weighted by molar-refractivity contribution is 5.87. The van der Waals surface area contributed by atoms with Gasteiger partial charge in [-0.3, -0.25) is 0 Å². The van der Waals surface area contributed by atoms with Crippen LogP contribution in [0, 0.1) is 31.8 Å². The van der Waals surface area contributed by atoms with E-state index in [4.69, 9.17) is 5.11 Å². The number of aliphatic carboxylic acids is 1. The molecular formula is C11H9O2. The fourth-order valence-electron chi connectivity index (χ4n) is 0.994. The summed E-state index contributed by atoms with van der Waals surface area (Å²) in [6, 6.07) is 6.73. The molecule has 0 aliphatic heterocycles. The average Bonchev–Trinajstić information content (AvgIpc) is 2.02. The van der Waals surface area contributed by atoms with Crippen LogP contribution in [0.5, 0.6) is 0 Å². The summed E-state index contributed by atoms with van der Waals surface area (Å²) in [6.07, 6.45) is 0. The van der Waals surface area contributed by atoms with Crippen LogP contribution in [-0.2, 0) is 4.79 Å². The quantitative estimate of drug-likeness (QED) is 0.604. The highest BCUT2D eigenvalue weighted by Crippen LogP contribution is 2.07. The Hall–Kier alpha value is -1.75. The molecule has 0 heterocycles. The molecule has 0 atom stereocenters. The first-order valence-corrected chi connectivity index (χ1v) is 3.84. The van der Waals surface area contributed by atoms with Crippen molar-refractivity contribution in [3.63, 3.8) is 0 Å². The molecule has 65 valence electrons. The molecule has 0 bridgehead atoms. The highest BCUT2D eigenvalue weighted by atomic mass is 16.4. The van der Waals surface area contributed by atoms with Crippen molar-refractivity contribution in [3.8, 4) is 11.8 Å². The molecule has 0 aliphatic carbocycles. The first-order chi connectivity index (χ1) is 6.09. The second-order valence-electron chi connectivity index (χ2n) is 2.74. The summed E-state index contributed by atoms with van der Waals surface area (Å²) >= 11 is 0. The Morgan fingerprint density at radius 3 is 2.69 bits per heavy atom. The van der Waals surface area contributed by atoms with Gasteiger partial charge in [-0.2, -0.15) is 0 Å². The normalized spacial score (nSPS) is 8.77. The van der Waals surface area contributed by atoms with Crippen LogP contribution in [0.15, 0.2) is 12.1 Å². The van der Waals surface area contributed by atoms with Gasteiger partial charge in [0.1, 0.15) is 0 Å². The third kappa shape index (κ3) is 2.64. The summed E-state index contributed by atoms with van der Waals surface area (Å²) in [6.45, 7) is 3.79. The van der Waals surface area contributed by atoms with E-state index in [0.717, 1.165) is 11.1 Å². The Balaban J connectivity index is 3.05. The fourth-order valence-corrected chi connectivity index (χ4v) is 0.994. The van der Waals surface area contributed by atoms with Crippen molar-refractivity contribution in [2.24, 2.45) is 0 Å².